The number of aliphatic hydroxyl groups is 1. The van der Waals surface area contributed by atoms with Crippen molar-refractivity contribution in [2.75, 3.05) is 6.26 Å². The van der Waals surface area contributed by atoms with E-state index in [0.29, 0.717) is 5.56 Å². The van der Waals surface area contributed by atoms with Crippen molar-refractivity contribution in [1.82, 2.24) is 0 Å². The lowest BCUT2D eigenvalue weighted by Crippen LogP contribution is -2.37. The first kappa shape index (κ1) is 11.7. The molecule has 1 atom stereocenters. The van der Waals surface area contributed by atoms with E-state index in [4.69, 9.17) is 0 Å². The molecule has 0 spiro atoms. The molecule has 14 heavy (non-hydrogen) atoms. The minimum absolute atomic E-state index is 0.658. The quantitative estimate of drug-likeness (QED) is 0.864. The number of hydrogen-bond donors (Lipinski definition) is 1. The molecule has 1 rings (SSSR count). The molecule has 0 aliphatic heterocycles. The maximum atomic E-state index is 11.4. The normalized spacial score (nSPS) is 15.4. The molecular formula is C9H14O3S2. The Labute approximate surface area is 88.3 Å². The summed E-state index contributed by atoms with van der Waals surface area (Å²) in [5.41, 5.74) is 0.658. The van der Waals surface area contributed by atoms with E-state index in [2.05, 4.69) is 0 Å². The van der Waals surface area contributed by atoms with Crippen LogP contribution in [0.1, 0.15) is 25.5 Å². The largest absolute Gasteiger partial charge is 0.387 e. The number of hydrogen-bond acceptors (Lipinski definition) is 4. The third kappa shape index (κ3) is 1.99. The number of sulfone groups is 1. The van der Waals surface area contributed by atoms with Gasteiger partial charge in [-0.1, -0.05) is 0 Å². The summed E-state index contributed by atoms with van der Waals surface area (Å²) in [6.07, 6.45) is 0.173. The molecule has 0 bridgehead atoms. The highest BCUT2D eigenvalue weighted by Gasteiger charge is 2.38. The van der Waals surface area contributed by atoms with Crippen molar-refractivity contribution >= 4 is 21.2 Å². The zero-order valence-corrected chi connectivity index (χ0v) is 10.0. The number of thiophene rings is 1. The SMILES string of the molecule is CC(C)(C(O)c1ccsc1)S(C)(=O)=O. The van der Waals surface area contributed by atoms with Gasteiger partial charge in [0.2, 0.25) is 0 Å². The summed E-state index contributed by atoms with van der Waals surface area (Å²) in [5.74, 6) is 0. The molecule has 0 aliphatic rings. The fraction of sp³-hybridized carbons (Fsp3) is 0.556. The molecule has 0 aliphatic carbocycles. The Hall–Kier alpha value is -0.390. The molecule has 0 radical (unpaired) electrons. The van der Waals surface area contributed by atoms with Gasteiger partial charge in [-0.2, -0.15) is 11.3 Å². The van der Waals surface area contributed by atoms with Crippen LogP contribution in [-0.4, -0.2) is 24.5 Å². The molecule has 0 amide bonds. The highest BCUT2D eigenvalue weighted by molar-refractivity contribution is 7.92. The van der Waals surface area contributed by atoms with Crippen molar-refractivity contribution in [2.24, 2.45) is 0 Å². The maximum Gasteiger partial charge on any atom is 0.155 e. The van der Waals surface area contributed by atoms with Crippen molar-refractivity contribution in [3.8, 4) is 0 Å². The lowest BCUT2D eigenvalue weighted by Gasteiger charge is -2.28. The van der Waals surface area contributed by atoms with Gasteiger partial charge in [-0.15, -0.1) is 0 Å². The molecule has 1 aromatic rings. The van der Waals surface area contributed by atoms with Crippen LogP contribution in [0.2, 0.25) is 0 Å². The van der Waals surface area contributed by atoms with Crippen LogP contribution in [0.15, 0.2) is 16.8 Å². The molecule has 3 nitrogen and oxygen atoms in total. The van der Waals surface area contributed by atoms with E-state index in [1.54, 1.807) is 11.4 Å². The summed E-state index contributed by atoms with van der Waals surface area (Å²) in [7, 11) is -3.27. The van der Waals surface area contributed by atoms with Gasteiger partial charge < -0.3 is 5.11 Å². The van der Waals surface area contributed by atoms with Gasteiger partial charge in [0.25, 0.3) is 0 Å². The molecule has 5 heteroatoms. The van der Waals surface area contributed by atoms with Crippen LogP contribution in [0.5, 0.6) is 0 Å². The van der Waals surface area contributed by atoms with E-state index in [-0.39, 0.29) is 0 Å². The van der Waals surface area contributed by atoms with E-state index < -0.39 is 20.7 Å². The van der Waals surface area contributed by atoms with E-state index in [0.717, 1.165) is 6.26 Å². The first-order valence-electron chi connectivity index (χ1n) is 4.16. The first-order chi connectivity index (χ1) is 6.27. The fourth-order valence-corrected chi connectivity index (χ4v) is 2.26. The predicted molar refractivity (Wildman–Crippen MR) is 58.2 cm³/mol. The average Bonchev–Trinajstić information content (AvgIpc) is 2.52. The van der Waals surface area contributed by atoms with Crippen molar-refractivity contribution in [2.45, 2.75) is 24.7 Å². The third-order valence-electron chi connectivity index (χ3n) is 2.47. The van der Waals surface area contributed by atoms with Crippen LogP contribution in [-0.2, 0) is 9.84 Å². The van der Waals surface area contributed by atoms with Crippen molar-refractivity contribution < 1.29 is 13.5 Å². The van der Waals surface area contributed by atoms with Crippen molar-refractivity contribution in [1.29, 1.82) is 0 Å². The van der Waals surface area contributed by atoms with Crippen LogP contribution in [0, 0.1) is 0 Å². The van der Waals surface area contributed by atoms with Gasteiger partial charge in [0.1, 0.15) is 0 Å². The monoisotopic (exact) mass is 234 g/mol. The van der Waals surface area contributed by atoms with Gasteiger partial charge in [0, 0.05) is 6.26 Å². The van der Waals surface area contributed by atoms with Gasteiger partial charge in [-0.25, -0.2) is 8.42 Å². The second-order valence-electron chi connectivity index (χ2n) is 3.83. The second-order valence-corrected chi connectivity index (χ2v) is 7.21. The van der Waals surface area contributed by atoms with E-state index in [9.17, 15) is 13.5 Å². The summed E-state index contributed by atoms with van der Waals surface area (Å²) in [5, 5.41) is 13.5. The molecule has 1 unspecified atom stereocenters. The van der Waals surface area contributed by atoms with Crippen molar-refractivity contribution in [3.05, 3.63) is 22.4 Å². The molecule has 1 aromatic heterocycles. The summed E-state index contributed by atoms with van der Waals surface area (Å²) in [6, 6.07) is 1.74. The Balaban J connectivity index is 3.07. The summed E-state index contributed by atoms with van der Waals surface area (Å²) < 4.78 is 21.7. The zero-order chi connectivity index (χ0) is 11.0. The Bertz CT molecular complexity index is 390. The smallest absolute Gasteiger partial charge is 0.155 e. The highest BCUT2D eigenvalue weighted by atomic mass is 32.2. The van der Waals surface area contributed by atoms with Crippen LogP contribution in [0.25, 0.3) is 0 Å². The second kappa shape index (κ2) is 3.64. The van der Waals surface area contributed by atoms with Gasteiger partial charge in [-0.3, -0.25) is 0 Å². The summed E-state index contributed by atoms with van der Waals surface area (Å²) >= 11 is 1.44. The Morgan fingerprint density at radius 3 is 2.43 bits per heavy atom. The molecule has 0 saturated heterocycles. The Kier molecular flexibility index (Phi) is 3.04. The summed E-state index contributed by atoms with van der Waals surface area (Å²) in [4.78, 5) is 0. The van der Waals surface area contributed by atoms with Gasteiger partial charge in [0.15, 0.2) is 9.84 Å². The lowest BCUT2D eigenvalue weighted by molar-refractivity contribution is 0.140. The molecule has 0 aromatic carbocycles. The standard InChI is InChI=1S/C9H14O3S2/c1-9(2,14(3,11)12)8(10)7-4-5-13-6-7/h4-6,8,10H,1-3H3. The van der Waals surface area contributed by atoms with Gasteiger partial charge in [0.05, 0.1) is 10.9 Å². The third-order valence-corrected chi connectivity index (χ3v) is 5.31. The molecule has 1 N–H and O–H groups in total. The van der Waals surface area contributed by atoms with Crippen LogP contribution >= 0.6 is 11.3 Å². The average molecular weight is 234 g/mol. The van der Waals surface area contributed by atoms with Crippen LogP contribution in [0.3, 0.4) is 0 Å². The Morgan fingerprint density at radius 1 is 1.50 bits per heavy atom. The van der Waals surface area contributed by atoms with E-state index in [1.165, 1.54) is 25.2 Å². The van der Waals surface area contributed by atoms with Gasteiger partial charge >= 0.3 is 0 Å². The topological polar surface area (TPSA) is 54.4 Å². The number of rotatable bonds is 3. The summed E-state index contributed by atoms with van der Waals surface area (Å²) in [6.45, 7) is 3.06. The van der Waals surface area contributed by atoms with E-state index >= 15 is 0 Å². The molecular weight excluding hydrogens is 220 g/mol. The zero-order valence-electron chi connectivity index (χ0n) is 8.39. The molecule has 80 valence electrons. The number of aliphatic hydroxyl groups excluding tert-OH is 1. The molecule has 0 fully saturated rings. The van der Waals surface area contributed by atoms with Crippen LogP contribution in [0.4, 0.5) is 0 Å². The molecule has 0 saturated carbocycles. The predicted octanol–water partition coefficient (Wildman–Crippen LogP) is 1.60. The first-order valence-corrected chi connectivity index (χ1v) is 7.00. The van der Waals surface area contributed by atoms with Gasteiger partial charge in [-0.05, 0) is 36.2 Å². The Morgan fingerprint density at radius 2 is 2.07 bits per heavy atom. The maximum absolute atomic E-state index is 11.4. The van der Waals surface area contributed by atoms with Crippen LogP contribution < -0.4 is 0 Å². The highest BCUT2D eigenvalue weighted by Crippen LogP contribution is 2.32. The van der Waals surface area contributed by atoms with Crippen molar-refractivity contribution in [3.63, 3.8) is 0 Å². The fourth-order valence-electron chi connectivity index (χ4n) is 1.03. The lowest BCUT2D eigenvalue weighted by atomic mass is 10.0. The molecule has 1 heterocycles. The minimum atomic E-state index is -3.27. The minimum Gasteiger partial charge on any atom is -0.387 e. The van der Waals surface area contributed by atoms with E-state index in [1.807, 2.05) is 5.38 Å².